The Kier molecular flexibility index (Phi) is 8.97. The fraction of sp³-hybridized carbons (Fsp3) is 0.682. The van der Waals surface area contributed by atoms with Crippen molar-refractivity contribution in [2.75, 3.05) is 14.2 Å². The quantitative estimate of drug-likeness (QED) is 0.556. The third kappa shape index (κ3) is 6.89. The zero-order valence-corrected chi connectivity index (χ0v) is 17.7. The summed E-state index contributed by atoms with van der Waals surface area (Å²) in [6.45, 7) is 11.3. The first-order chi connectivity index (χ1) is 12.3. The zero-order chi connectivity index (χ0) is 19.7. The average Bonchev–Trinajstić information content (AvgIpc) is 2.57. The van der Waals surface area contributed by atoms with Gasteiger partial charge < -0.3 is 14.4 Å². The Morgan fingerprint density at radius 1 is 1.04 bits per heavy atom. The summed E-state index contributed by atoms with van der Waals surface area (Å²) in [6, 6.07) is 6.20. The van der Waals surface area contributed by atoms with Crippen molar-refractivity contribution in [1.82, 2.24) is 4.90 Å². The summed E-state index contributed by atoms with van der Waals surface area (Å²) < 4.78 is 10.8. The first-order valence-electron chi connectivity index (χ1n) is 9.76. The van der Waals surface area contributed by atoms with E-state index in [2.05, 4.69) is 39.5 Å². The molecule has 1 amide bonds. The predicted octanol–water partition coefficient (Wildman–Crippen LogP) is 5.44. The minimum Gasteiger partial charge on any atom is -0.493 e. The molecule has 0 fully saturated rings. The van der Waals surface area contributed by atoms with Crippen molar-refractivity contribution < 1.29 is 14.3 Å². The van der Waals surface area contributed by atoms with Crippen molar-refractivity contribution in [3.63, 3.8) is 0 Å². The molecule has 0 N–H and O–H groups in total. The van der Waals surface area contributed by atoms with Gasteiger partial charge in [0.15, 0.2) is 11.5 Å². The fourth-order valence-corrected chi connectivity index (χ4v) is 3.27. The molecule has 26 heavy (non-hydrogen) atoms. The summed E-state index contributed by atoms with van der Waals surface area (Å²) in [7, 11) is 3.27. The van der Waals surface area contributed by atoms with Crippen LogP contribution in [-0.2, 0) is 11.3 Å². The maximum atomic E-state index is 13.1. The van der Waals surface area contributed by atoms with Gasteiger partial charge in [0, 0.05) is 19.0 Å². The molecule has 148 valence electrons. The van der Waals surface area contributed by atoms with E-state index in [0.29, 0.717) is 24.5 Å². The highest BCUT2D eigenvalue weighted by Crippen LogP contribution is 2.30. The highest BCUT2D eigenvalue weighted by atomic mass is 16.5. The molecule has 0 bridgehead atoms. The third-order valence-corrected chi connectivity index (χ3v) is 4.49. The van der Waals surface area contributed by atoms with Crippen LogP contribution in [0, 0.1) is 5.41 Å². The molecule has 0 radical (unpaired) electrons. The maximum Gasteiger partial charge on any atom is 0.223 e. The Morgan fingerprint density at radius 3 is 2.08 bits per heavy atom. The molecule has 0 aliphatic rings. The molecule has 1 rings (SSSR count). The standard InChI is InChI=1S/C22H37NO3/c1-8-10-18(11-9-2)23(21(24)15-22(3,4)5)16-17-12-13-19(25-6)20(14-17)26-7/h12-14,18H,8-11,15-16H2,1-7H3. The van der Waals surface area contributed by atoms with Gasteiger partial charge in [0.25, 0.3) is 0 Å². The summed E-state index contributed by atoms with van der Waals surface area (Å²) in [6.07, 6.45) is 4.80. The number of methoxy groups -OCH3 is 2. The smallest absolute Gasteiger partial charge is 0.223 e. The number of amides is 1. The highest BCUT2D eigenvalue weighted by Gasteiger charge is 2.26. The van der Waals surface area contributed by atoms with E-state index in [1.165, 1.54) is 0 Å². The number of ether oxygens (including phenoxy) is 2. The van der Waals surface area contributed by atoms with E-state index in [1.54, 1.807) is 14.2 Å². The summed E-state index contributed by atoms with van der Waals surface area (Å²) in [4.78, 5) is 15.2. The average molecular weight is 364 g/mol. The number of carbonyl (C=O) groups is 1. The van der Waals surface area contributed by atoms with E-state index in [1.807, 2.05) is 18.2 Å². The van der Waals surface area contributed by atoms with Gasteiger partial charge in [-0.3, -0.25) is 4.79 Å². The van der Waals surface area contributed by atoms with E-state index >= 15 is 0 Å². The molecule has 0 unspecified atom stereocenters. The van der Waals surface area contributed by atoms with Gasteiger partial charge in [-0.25, -0.2) is 0 Å². The van der Waals surface area contributed by atoms with Crippen LogP contribution in [-0.4, -0.2) is 31.1 Å². The lowest BCUT2D eigenvalue weighted by molar-refractivity contribution is -0.136. The van der Waals surface area contributed by atoms with Crippen LogP contribution in [0.25, 0.3) is 0 Å². The first-order valence-corrected chi connectivity index (χ1v) is 9.76. The van der Waals surface area contributed by atoms with Crippen LogP contribution in [0.1, 0.15) is 72.3 Å². The normalized spacial score (nSPS) is 11.5. The summed E-state index contributed by atoms with van der Waals surface area (Å²) in [5, 5.41) is 0. The van der Waals surface area contributed by atoms with E-state index < -0.39 is 0 Å². The molecule has 1 aromatic carbocycles. The lowest BCUT2D eigenvalue weighted by Gasteiger charge is -2.34. The molecule has 0 aromatic heterocycles. The van der Waals surface area contributed by atoms with Crippen LogP contribution < -0.4 is 9.47 Å². The van der Waals surface area contributed by atoms with Gasteiger partial charge in [-0.1, -0.05) is 53.5 Å². The van der Waals surface area contributed by atoms with Crippen molar-refractivity contribution in [2.45, 2.75) is 79.3 Å². The highest BCUT2D eigenvalue weighted by molar-refractivity contribution is 5.77. The topological polar surface area (TPSA) is 38.8 Å². The van der Waals surface area contributed by atoms with Crippen LogP contribution in [0.5, 0.6) is 11.5 Å². The fourth-order valence-electron chi connectivity index (χ4n) is 3.27. The van der Waals surface area contributed by atoms with Gasteiger partial charge in [0.2, 0.25) is 5.91 Å². The second-order valence-corrected chi connectivity index (χ2v) is 8.18. The summed E-state index contributed by atoms with van der Waals surface area (Å²) in [5.41, 5.74) is 1.05. The third-order valence-electron chi connectivity index (χ3n) is 4.49. The van der Waals surface area contributed by atoms with Crippen molar-refractivity contribution in [3.8, 4) is 11.5 Å². The Bertz CT molecular complexity index is 557. The molecular weight excluding hydrogens is 326 g/mol. The molecule has 0 spiro atoms. The minimum atomic E-state index is -0.0179. The van der Waals surface area contributed by atoms with Crippen LogP contribution in [0.4, 0.5) is 0 Å². The van der Waals surface area contributed by atoms with Crippen molar-refractivity contribution in [1.29, 1.82) is 0 Å². The first kappa shape index (κ1) is 22.3. The molecule has 0 aliphatic heterocycles. The molecule has 0 saturated carbocycles. The van der Waals surface area contributed by atoms with Gasteiger partial charge in [0.1, 0.15) is 0 Å². The molecule has 0 aliphatic carbocycles. The van der Waals surface area contributed by atoms with Gasteiger partial charge in [-0.15, -0.1) is 0 Å². The number of carbonyl (C=O) groups excluding carboxylic acids is 1. The Balaban J connectivity index is 3.12. The van der Waals surface area contributed by atoms with Gasteiger partial charge >= 0.3 is 0 Å². The molecule has 4 heteroatoms. The van der Waals surface area contributed by atoms with E-state index in [9.17, 15) is 4.79 Å². The second kappa shape index (κ2) is 10.4. The SMILES string of the molecule is CCCC(CCC)N(Cc1ccc(OC)c(OC)c1)C(=O)CC(C)(C)C. The van der Waals surface area contributed by atoms with Crippen molar-refractivity contribution in [2.24, 2.45) is 5.41 Å². The monoisotopic (exact) mass is 363 g/mol. The number of hydrogen-bond donors (Lipinski definition) is 0. The van der Waals surface area contributed by atoms with E-state index in [0.717, 1.165) is 31.2 Å². The number of nitrogens with zero attached hydrogens (tertiary/aromatic N) is 1. The summed E-state index contributed by atoms with van der Waals surface area (Å²) >= 11 is 0. The number of rotatable bonds is 10. The minimum absolute atomic E-state index is 0.0179. The molecule has 0 atom stereocenters. The molecular formula is C22H37NO3. The maximum absolute atomic E-state index is 13.1. The van der Waals surface area contributed by atoms with Gasteiger partial charge in [0.05, 0.1) is 14.2 Å². The Hall–Kier alpha value is -1.71. The lowest BCUT2D eigenvalue weighted by atomic mass is 9.90. The van der Waals surface area contributed by atoms with Crippen LogP contribution in [0.15, 0.2) is 18.2 Å². The zero-order valence-electron chi connectivity index (χ0n) is 17.7. The predicted molar refractivity (Wildman–Crippen MR) is 108 cm³/mol. The molecule has 0 heterocycles. The second-order valence-electron chi connectivity index (χ2n) is 8.18. The van der Waals surface area contributed by atoms with Crippen LogP contribution >= 0.6 is 0 Å². The van der Waals surface area contributed by atoms with Crippen molar-refractivity contribution >= 4 is 5.91 Å². The molecule has 0 saturated heterocycles. The van der Waals surface area contributed by atoms with Crippen LogP contribution in [0.2, 0.25) is 0 Å². The Morgan fingerprint density at radius 2 is 1.62 bits per heavy atom. The van der Waals surface area contributed by atoms with Gasteiger partial charge in [-0.2, -0.15) is 0 Å². The van der Waals surface area contributed by atoms with Gasteiger partial charge in [-0.05, 0) is 36.0 Å². The summed E-state index contributed by atoms with van der Waals surface area (Å²) in [5.74, 6) is 1.65. The molecule has 4 nitrogen and oxygen atoms in total. The lowest BCUT2D eigenvalue weighted by Crippen LogP contribution is -2.41. The van der Waals surface area contributed by atoms with E-state index in [-0.39, 0.29) is 17.4 Å². The number of benzene rings is 1. The number of hydrogen-bond acceptors (Lipinski definition) is 3. The van der Waals surface area contributed by atoms with E-state index in [4.69, 9.17) is 9.47 Å². The Labute approximate surface area is 159 Å². The van der Waals surface area contributed by atoms with Crippen molar-refractivity contribution in [3.05, 3.63) is 23.8 Å². The molecule has 1 aromatic rings. The van der Waals surface area contributed by atoms with Crippen LogP contribution in [0.3, 0.4) is 0 Å². The largest absolute Gasteiger partial charge is 0.493 e.